The zero-order chi connectivity index (χ0) is 17.2. The second-order valence-electron chi connectivity index (χ2n) is 5.60. The number of nitrogens with one attached hydrogen (secondary N) is 1. The van der Waals surface area contributed by atoms with Gasteiger partial charge in [-0.2, -0.15) is 0 Å². The minimum absolute atomic E-state index is 0.138. The molecule has 8 heteroatoms. The minimum atomic E-state index is -0.138. The Morgan fingerprint density at radius 3 is 3.04 bits per heavy atom. The molecule has 128 valence electrons. The van der Waals surface area contributed by atoms with Gasteiger partial charge in [-0.15, -0.1) is 10.2 Å². The lowest BCUT2D eigenvalue weighted by Gasteiger charge is -2.20. The Morgan fingerprint density at radius 1 is 1.24 bits per heavy atom. The molecule has 25 heavy (non-hydrogen) atoms. The van der Waals surface area contributed by atoms with Crippen LogP contribution in [0.3, 0.4) is 0 Å². The van der Waals surface area contributed by atoms with Gasteiger partial charge in [0.05, 0.1) is 18.0 Å². The van der Waals surface area contributed by atoms with E-state index >= 15 is 0 Å². The summed E-state index contributed by atoms with van der Waals surface area (Å²) >= 11 is 6.20. The molecule has 4 rings (SSSR count). The Bertz CT molecular complexity index is 941. The van der Waals surface area contributed by atoms with Crippen molar-refractivity contribution in [2.24, 2.45) is 0 Å². The minimum Gasteiger partial charge on any atom is -0.486 e. The second kappa shape index (κ2) is 6.60. The van der Waals surface area contributed by atoms with Crippen molar-refractivity contribution < 1.29 is 14.3 Å². The highest BCUT2D eigenvalue weighted by atomic mass is 35.5. The second-order valence-corrected chi connectivity index (χ2v) is 6.01. The van der Waals surface area contributed by atoms with Gasteiger partial charge < -0.3 is 14.8 Å². The third-order valence-corrected chi connectivity index (χ3v) is 4.13. The largest absolute Gasteiger partial charge is 0.486 e. The summed E-state index contributed by atoms with van der Waals surface area (Å²) in [5, 5.41) is 11.4. The van der Waals surface area contributed by atoms with Gasteiger partial charge in [0.25, 0.3) is 0 Å². The van der Waals surface area contributed by atoms with E-state index in [1.54, 1.807) is 12.1 Å². The van der Waals surface area contributed by atoms with Crippen LogP contribution >= 0.6 is 11.6 Å². The summed E-state index contributed by atoms with van der Waals surface area (Å²) in [6.45, 7) is 1.24. The van der Waals surface area contributed by atoms with E-state index in [0.29, 0.717) is 42.1 Å². The predicted molar refractivity (Wildman–Crippen MR) is 91.0 cm³/mol. The van der Waals surface area contributed by atoms with Crippen LogP contribution in [0.2, 0.25) is 5.02 Å². The molecular formula is C17H15ClN4O3. The molecule has 1 amide bonds. The van der Waals surface area contributed by atoms with E-state index in [2.05, 4.69) is 15.5 Å². The maximum Gasteiger partial charge on any atom is 0.224 e. The molecule has 0 fully saturated rings. The summed E-state index contributed by atoms with van der Waals surface area (Å²) in [5.74, 6) is 1.64. The third-order valence-electron chi connectivity index (χ3n) is 3.85. The molecular weight excluding hydrogens is 344 g/mol. The number of rotatable bonds is 4. The van der Waals surface area contributed by atoms with Crippen molar-refractivity contribution in [3.63, 3.8) is 0 Å². The molecule has 0 unspecified atom stereocenters. The number of nitrogens with zero attached hydrogens (tertiary/aromatic N) is 3. The smallest absolute Gasteiger partial charge is 0.224 e. The fourth-order valence-corrected chi connectivity index (χ4v) is 2.99. The molecule has 2 aromatic heterocycles. The van der Waals surface area contributed by atoms with E-state index in [1.807, 2.05) is 28.8 Å². The lowest BCUT2D eigenvalue weighted by molar-refractivity contribution is -0.120. The van der Waals surface area contributed by atoms with Crippen LogP contribution in [0.25, 0.3) is 5.65 Å². The maximum atomic E-state index is 12.2. The zero-order valence-corrected chi connectivity index (χ0v) is 14.0. The SMILES string of the molecule is O=C(Cc1cc(Cl)c2c(c1)OCCO2)NCc1nnc2ccccn12. The Hall–Kier alpha value is -2.80. The van der Waals surface area contributed by atoms with Crippen molar-refractivity contribution in [1.82, 2.24) is 19.9 Å². The highest BCUT2D eigenvalue weighted by Gasteiger charge is 2.17. The van der Waals surface area contributed by atoms with E-state index in [4.69, 9.17) is 21.1 Å². The summed E-state index contributed by atoms with van der Waals surface area (Å²) in [7, 11) is 0. The molecule has 0 spiro atoms. The van der Waals surface area contributed by atoms with Crippen LogP contribution in [-0.4, -0.2) is 33.7 Å². The van der Waals surface area contributed by atoms with Crippen molar-refractivity contribution in [3.8, 4) is 11.5 Å². The quantitative estimate of drug-likeness (QED) is 0.772. The number of ether oxygens (including phenoxy) is 2. The van der Waals surface area contributed by atoms with Crippen molar-refractivity contribution in [2.75, 3.05) is 13.2 Å². The first-order valence-corrected chi connectivity index (χ1v) is 8.22. The number of benzene rings is 1. The van der Waals surface area contributed by atoms with E-state index in [0.717, 1.165) is 11.2 Å². The highest BCUT2D eigenvalue weighted by Crippen LogP contribution is 2.38. The first kappa shape index (κ1) is 15.7. The molecule has 0 aliphatic carbocycles. The first-order valence-electron chi connectivity index (χ1n) is 7.84. The molecule has 1 aliphatic heterocycles. The van der Waals surface area contributed by atoms with Crippen LogP contribution in [0.4, 0.5) is 0 Å². The molecule has 0 saturated carbocycles. The van der Waals surface area contributed by atoms with Crippen molar-refractivity contribution in [1.29, 1.82) is 0 Å². The van der Waals surface area contributed by atoms with Crippen LogP contribution in [-0.2, 0) is 17.8 Å². The number of hydrogen-bond donors (Lipinski definition) is 1. The average Bonchev–Trinajstić information content (AvgIpc) is 3.03. The van der Waals surface area contributed by atoms with Gasteiger partial charge in [0, 0.05) is 6.20 Å². The monoisotopic (exact) mass is 358 g/mol. The van der Waals surface area contributed by atoms with Crippen LogP contribution in [0.1, 0.15) is 11.4 Å². The molecule has 3 aromatic rings. The van der Waals surface area contributed by atoms with Gasteiger partial charge in [0.1, 0.15) is 13.2 Å². The highest BCUT2D eigenvalue weighted by molar-refractivity contribution is 6.32. The summed E-state index contributed by atoms with van der Waals surface area (Å²) in [4.78, 5) is 12.2. The van der Waals surface area contributed by atoms with Gasteiger partial charge in [-0.05, 0) is 29.8 Å². The Kier molecular flexibility index (Phi) is 4.15. The maximum absolute atomic E-state index is 12.2. The molecule has 3 heterocycles. The number of carbonyl (C=O) groups excluding carboxylic acids is 1. The van der Waals surface area contributed by atoms with Gasteiger partial charge in [-0.3, -0.25) is 9.20 Å². The van der Waals surface area contributed by atoms with Crippen molar-refractivity contribution in [2.45, 2.75) is 13.0 Å². The van der Waals surface area contributed by atoms with E-state index in [-0.39, 0.29) is 12.3 Å². The number of aromatic nitrogens is 3. The summed E-state index contributed by atoms with van der Waals surface area (Å²) in [6.07, 6.45) is 2.05. The number of pyridine rings is 1. The Morgan fingerprint density at radius 2 is 2.12 bits per heavy atom. The molecule has 1 N–H and O–H groups in total. The number of amides is 1. The standard InChI is InChI=1S/C17H15ClN4O3/c18-12-7-11(8-13-17(12)25-6-5-24-13)9-16(23)19-10-15-21-20-14-3-1-2-4-22(14)15/h1-4,7-8H,5-6,9-10H2,(H,19,23). The average molecular weight is 359 g/mol. The molecule has 0 atom stereocenters. The molecule has 0 radical (unpaired) electrons. The third kappa shape index (κ3) is 3.23. The van der Waals surface area contributed by atoms with Crippen LogP contribution in [0.5, 0.6) is 11.5 Å². The number of carbonyl (C=O) groups is 1. The van der Waals surface area contributed by atoms with Crippen LogP contribution in [0, 0.1) is 0 Å². The predicted octanol–water partition coefficient (Wildman–Crippen LogP) is 2.01. The van der Waals surface area contributed by atoms with Gasteiger partial charge >= 0.3 is 0 Å². The van der Waals surface area contributed by atoms with Crippen molar-refractivity contribution >= 4 is 23.2 Å². The molecule has 1 aromatic carbocycles. The molecule has 7 nitrogen and oxygen atoms in total. The van der Waals surface area contributed by atoms with Gasteiger partial charge in [-0.1, -0.05) is 17.7 Å². The molecule has 0 bridgehead atoms. The van der Waals surface area contributed by atoms with Gasteiger partial charge in [-0.25, -0.2) is 0 Å². The summed E-state index contributed by atoms with van der Waals surface area (Å²) in [6, 6.07) is 9.14. The van der Waals surface area contributed by atoms with E-state index in [9.17, 15) is 4.79 Å². The number of fused-ring (bicyclic) bond motifs is 2. The van der Waals surface area contributed by atoms with E-state index in [1.165, 1.54) is 0 Å². The molecule has 0 saturated heterocycles. The normalized spacial score (nSPS) is 13.0. The van der Waals surface area contributed by atoms with Crippen LogP contribution < -0.4 is 14.8 Å². The Labute approximate surface area is 148 Å². The van der Waals surface area contributed by atoms with E-state index < -0.39 is 0 Å². The molecule has 1 aliphatic rings. The van der Waals surface area contributed by atoms with Gasteiger partial charge in [0.2, 0.25) is 5.91 Å². The fourth-order valence-electron chi connectivity index (χ4n) is 2.70. The topological polar surface area (TPSA) is 77.8 Å². The zero-order valence-electron chi connectivity index (χ0n) is 13.2. The number of halogens is 1. The number of hydrogen-bond acceptors (Lipinski definition) is 5. The summed E-state index contributed by atoms with van der Waals surface area (Å²) in [5.41, 5.74) is 1.50. The first-order chi connectivity index (χ1) is 12.2. The Balaban J connectivity index is 1.43. The van der Waals surface area contributed by atoms with Crippen molar-refractivity contribution in [3.05, 3.63) is 52.9 Å². The fraction of sp³-hybridized carbons (Fsp3) is 0.235. The summed E-state index contributed by atoms with van der Waals surface area (Å²) < 4.78 is 12.8. The van der Waals surface area contributed by atoms with Gasteiger partial charge in [0.15, 0.2) is 23.0 Å². The van der Waals surface area contributed by atoms with Crippen LogP contribution in [0.15, 0.2) is 36.5 Å². The lowest BCUT2D eigenvalue weighted by atomic mass is 10.1. The lowest BCUT2D eigenvalue weighted by Crippen LogP contribution is -2.25.